The molecule has 0 radical (unpaired) electrons. The molecule has 1 saturated heterocycles. The molecule has 0 saturated carbocycles. The largest absolute Gasteiger partial charge is 0.353 e. The third kappa shape index (κ3) is 2.85. The second kappa shape index (κ2) is 5.55. The van der Waals surface area contributed by atoms with Crippen molar-refractivity contribution in [3.8, 4) is 0 Å². The van der Waals surface area contributed by atoms with Gasteiger partial charge in [0.15, 0.2) is 0 Å². The molecule has 106 valence electrons. The zero-order chi connectivity index (χ0) is 14.7. The van der Waals surface area contributed by atoms with E-state index < -0.39 is 17.0 Å². The fourth-order valence-electron chi connectivity index (χ4n) is 1.92. The van der Waals surface area contributed by atoms with Crippen LogP contribution in [0.3, 0.4) is 0 Å². The number of non-ortho nitro benzene ring substituents is 1. The van der Waals surface area contributed by atoms with Crippen molar-refractivity contribution in [2.24, 2.45) is 0 Å². The molecule has 0 aliphatic carbocycles. The van der Waals surface area contributed by atoms with Crippen LogP contribution in [-0.4, -0.2) is 40.9 Å². The van der Waals surface area contributed by atoms with Crippen LogP contribution >= 0.6 is 0 Å². The van der Waals surface area contributed by atoms with Crippen LogP contribution in [0, 0.1) is 10.1 Å². The summed E-state index contributed by atoms with van der Waals surface area (Å²) in [6.07, 6.45) is 0. The predicted molar refractivity (Wildman–Crippen MR) is 71.3 cm³/mol. The van der Waals surface area contributed by atoms with Gasteiger partial charge in [-0.15, -0.1) is 0 Å². The Balaban J connectivity index is 2.03. The van der Waals surface area contributed by atoms with Gasteiger partial charge in [0.25, 0.3) is 5.69 Å². The first kappa shape index (κ1) is 13.8. The minimum Gasteiger partial charge on any atom is -0.353 e. The van der Waals surface area contributed by atoms with Crippen LogP contribution < -0.4 is 10.6 Å². The number of rotatable bonds is 2. The van der Waals surface area contributed by atoms with Crippen LogP contribution in [-0.2, 0) is 4.79 Å². The van der Waals surface area contributed by atoms with E-state index in [1.807, 2.05) is 0 Å². The molecule has 1 unspecified atom stereocenters. The molecule has 8 nitrogen and oxygen atoms in total. The molecule has 0 spiro atoms. The average Bonchev–Trinajstić information content (AvgIpc) is 2.42. The van der Waals surface area contributed by atoms with E-state index in [2.05, 4.69) is 10.6 Å². The molecule has 3 amide bonds. The van der Waals surface area contributed by atoms with Gasteiger partial charge in [0.2, 0.25) is 5.91 Å². The van der Waals surface area contributed by atoms with E-state index in [0.29, 0.717) is 18.8 Å². The van der Waals surface area contributed by atoms with Gasteiger partial charge in [0.05, 0.1) is 4.92 Å². The van der Waals surface area contributed by atoms with Crippen LogP contribution in [0.15, 0.2) is 24.3 Å². The highest BCUT2D eigenvalue weighted by Gasteiger charge is 2.29. The Morgan fingerprint density at radius 3 is 2.70 bits per heavy atom. The number of nitrogens with one attached hydrogen (secondary N) is 2. The van der Waals surface area contributed by atoms with Gasteiger partial charge < -0.3 is 15.5 Å². The van der Waals surface area contributed by atoms with Crippen LogP contribution in [0.25, 0.3) is 0 Å². The molecule has 2 N–H and O–H groups in total. The lowest BCUT2D eigenvalue weighted by molar-refractivity contribution is -0.384. The molecule has 8 heteroatoms. The smallest absolute Gasteiger partial charge is 0.322 e. The molecule has 1 aromatic carbocycles. The molecule has 0 aromatic heterocycles. The molecule has 2 rings (SSSR count). The standard InChI is InChI=1S/C12H14N4O4/c1-8-11(17)13-6-7-15(8)12(18)14-9-2-4-10(5-3-9)16(19)20/h2-5,8H,6-7H2,1H3,(H,13,17)(H,14,18). The second-order valence-corrected chi connectivity index (χ2v) is 4.39. The maximum Gasteiger partial charge on any atom is 0.322 e. The summed E-state index contributed by atoms with van der Waals surface area (Å²) in [6.45, 7) is 2.48. The molecule has 1 heterocycles. The summed E-state index contributed by atoms with van der Waals surface area (Å²) < 4.78 is 0. The summed E-state index contributed by atoms with van der Waals surface area (Å²) in [5, 5.41) is 15.8. The van der Waals surface area contributed by atoms with Crippen molar-refractivity contribution in [3.63, 3.8) is 0 Å². The Labute approximate surface area is 114 Å². The van der Waals surface area contributed by atoms with Crippen LogP contribution in [0.4, 0.5) is 16.2 Å². The number of piperazine rings is 1. The van der Waals surface area contributed by atoms with Crippen molar-refractivity contribution in [2.45, 2.75) is 13.0 Å². The lowest BCUT2D eigenvalue weighted by atomic mass is 10.2. The molecular formula is C12H14N4O4. The molecule has 1 fully saturated rings. The number of amides is 3. The highest BCUT2D eigenvalue weighted by molar-refractivity contribution is 5.94. The van der Waals surface area contributed by atoms with Gasteiger partial charge in [-0.3, -0.25) is 14.9 Å². The summed E-state index contributed by atoms with van der Waals surface area (Å²) in [5.74, 6) is -0.199. The van der Waals surface area contributed by atoms with Gasteiger partial charge in [-0.25, -0.2) is 4.79 Å². The van der Waals surface area contributed by atoms with Crippen molar-refractivity contribution < 1.29 is 14.5 Å². The number of benzene rings is 1. The Morgan fingerprint density at radius 1 is 1.45 bits per heavy atom. The zero-order valence-electron chi connectivity index (χ0n) is 10.8. The fourth-order valence-corrected chi connectivity index (χ4v) is 1.92. The van der Waals surface area contributed by atoms with Crippen LogP contribution in [0.2, 0.25) is 0 Å². The molecule has 1 aromatic rings. The summed E-state index contributed by atoms with van der Waals surface area (Å²) in [5.41, 5.74) is 0.396. The normalized spacial score (nSPS) is 18.4. The highest BCUT2D eigenvalue weighted by Crippen LogP contribution is 2.16. The average molecular weight is 278 g/mol. The van der Waals surface area contributed by atoms with Gasteiger partial charge in [0, 0.05) is 30.9 Å². The summed E-state index contributed by atoms with van der Waals surface area (Å²) in [4.78, 5) is 34.9. The van der Waals surface area contributed by atoms with Crippen molar-refractivity contribution >= 4 is 23.3 Å². The number of nitro groups is 1. The van der Waals surface area contributed by atoms with E-state index in [9.17, 15) is 19.7 Å². The SMILES string of the molecule is CC1C(=O)NCCN1C(=O)Nc1ccc([N+](=O)[O-])cc1. The molecule has 1 aliphatic rings. The van der Waals surface area contributed by atoms with Crippen LogP contribution in [0.1, 0.15) is 6.92 Å². The Morgan fingerprint density at radius 2 is 2.10 bits per heavy atom. The lowest BCUT2D eigenvalue weighted by Gasteiger charge is -2.32. The van der Waals surface area contributed by atoms with Gasteiger partial charge in [-0.2, -0.15) is 0 Å². The molecule has 0 bridgehead atoms. The van der Waals surface area contributed by atoms with Gasteiger partial charge >= 0.3 is 6.03 Å². The highest BCUT2D eigenvalue weighted by atomic mass is 16.6. The van der Waals surface area contributed by atoms with E-state index in [1.54, 1.807) is 6.92 Å². The predicted octanol–water partition coefficient (Wildman–Crippen LogP) is 0.947. The Bertz CT molecular complexity index is 543. The van der Waals surface area contributed by atoms with Crippen molar-refractivity contribution in [3.05, 3.63) is 34.4 Å². The molecule has 1 aliphatic heterocycles. The van der Waals surface area contributed by atoms with Crippen LogP contribution in [0.5, 0.6) is 0 Å². The third-order valence-electron chi connectivity index (χ3n) is 3.09. The second-order valence-electron chi connectivity index (χ2n) is 4.39. The number of anilines is 1. The number of hydrogen-bond donors (Lipinski definition) is 2. The summed E-state index contributed by atoms with van der Waals surface area (Å²) in [7, 11) is 0. The van der Waals surface area contributed by atoms with Gasteiger partial charge in [-0.05, 0) is 19.1 Å². The van der Waals surface area contributed by atoms with Gasteiger partial charge in [0.1, 0.15) is 6.04 Å². The maximum atomic E-state index is 12.0. The summed E-state index contributed by atoms with van der Waals surface area (Å²) >= 11 is 0. The first-order valence-corrected chi connectivity index (χ1v) is 6.09. The first-order valence-electron chi connectivity index (χ1n) is 6.09. The van der Waals surface area contributed by atoms with Crippen molar-refractivity contribution in [2.75, 3.05) is 18.4 Å². The van der Waals surface area contributed by atoms with E-state index in [1.165, 1.54) is 29.2 Å². The molecule has 20 heavy (non-hydrogen) atoms. The number of nitro benzene ring substituents is 1. The van der Waals surface area contributed by atoms with E-state index >= 15 is 0 Å². The third-order valence-corrected chi connectivity index (χ3v) is 3.09. The lowest BCUT2D eigenvalue weighted by Crippen LogP contribution is -2.56. The van der Waals surface area contributed by atoms with Gasteiger partial charge in [-0.1, -0.05) is 0 Å². The Kier molecular flexibility index (Phi) is 3.83. The van der Waals surface area contributed by atoms with Crippen molar-refractivity contribution in [1.29, 1.82) is 0 Å². The Hall–Kier alpha value is -2.64. The monoisotopic (exact) mass is 278 g/mol. The molecular weight excluding hydrogens is 264 g/mol. The number of nitrogens with zero attached hydrogens (tertiary/aromatic N) is 2. The fraction of sp³-hybridized carbons (Fsp3) is 0.333. The minimum atomic E-state index is -0.540. The quantitative estimate of drug-likeness (QED) is 0.620. The first-order chi connectivity index (χ1) is 9.49. The topological polar surface area (TPSA) is 105 Å². The van der Waals surface area contributed by atoms with Crippen molar-refractivity contribution in [1.82, 2.24) is 10.2 Å². The maximum absolute atomic E-state index is 12.0. The number of hydrogen-bond acceptors (Lipinski definition) is 4. The van der Waals surface area contributed by atoms with E-state index in [4.69, 9.17) is 0 Å². The number of carbonyl (C=O) groups excluding carboxylic acids is 2. The minimum absolute atomic E-state index is 0.0475. The number of carbonyl (C=O) groups is 2. The zero-order valence-corrected chi connectivity index (χ0v) is 10.8. The van der Waals surface area contributed by atoms with E-state index in [-0.39, 0.29) is 11.6 Å². The number of urea groups is 1. The summed E-state index contributed by atoms with van der Waals surface area (Å²) in [6, 6.07) is 4.57. The molecule has 1 atom stereocenters. The van der Waals surface area contributed by atoms with E-state index in [0.717, 1.165) is 0 Å².